The number of carbonyl (C=O) groups is 2. The summed E-state index contributed by atoms with van der Waals surface area (Å²) in [6.07, 6.45) is 2.21. The van der Waals surface area contributed by atoms with E-state index in [2.05, 4.69) is 20.9 Å². The maximum Gasteiger partial charge on any atom is 0.269 e. The Bertz CT molecular complexity index is 1020. The smallest absolute Gasteiger partial charge is 0.269 e. The molecule has 0 bridgehead atoms. The number of aromatic nitrogens is 3. The first-order valence-electron chi connectivity index (χ1n) is 9.10. The summed E-state index contributed by atoms with van der Waals surface area (Å²) in [7, 11) is 0. The van der Waals surface area contributed by atoms with E-state index in [-0.39, 0.29) is 11.7 Å². The van der Waals surface area contributed by atoms with Gasteiger partial charge in [0.2, 0.25) is 11.1 Å². The summed E-state index contributed by atoms with van der Waals surface area (Å²) >= 11 is 7.03. The highest BCUT2D eigenvalue weighted by molar-refractivity contribution is 7.99. The van der Waals surface area contributed by atoms with E-state index in [0.29, 0.717) is 21.7 Å². The summed E-state index contributed by atoms with van der Waals surface area (Å²) in [5.41, 5.74) is 6.14. The van der Waals surface area contributed by atoms with Gasteiger partial charge in [0, 0.05) is 16.5 Å². The molecule has 29 heavy (non-hydrogen) atoms. The maximum absolute atomic E-state index is 12.1. The van der Waals surface area contributed by atoms with Gasteiger partial charge in [-0.3, -0.25) is 20.4 Å². The summed E-state index contributed by atoms with van der Waals surface area (Å²) in [5.74, 6) is 0.674. The molecule has 2 N–H and O–H groups in total. The summed E-state index contributed by atoms with van der Waals surface area (Å²) in [5, 5.41) is 5.63. The van der Waals surface area contributed by atoms with Gasteiger partial charge in [0.25, 0.3) is 5.91 Å². The zero-order valence-corrected chi connectivity index (χ0v) is 16.9. The zero-order valence-electron chi connectivity index (χ0n) is 15.3. The number of para-hydroxylation sites is 1. The minimum atomic E-state index is -0.414. The number of hydrogen-bond acceptors (Lipinski definition) is 5. The molecule has 0 aliphatic heterocycles. The van der Waals surface area contributed by atoms with Gasteiger partial charge in [-0.25, -0.2) is 9.67 Å². The van der Waals surface area contributed by atoms with Crippen LogP contribution in [0.15, 0.2) is 59.8 Å². The fourth-order valence-electron chi connectivity index (χ4n) is 2.70. The van der Waals surface area contributed by atoms with E-state index in [4.69, 9.17) is 11.6 Å². The molecule has 0 atom stereocenters. The normalized spacial score (nSPS) is 13.1. The second-order valence-corrected chi connectivity index (χ2v) is 7.95. The van der Waals surface area contributed by atoms with E-state index in [1.54, 1.807) is 24.3 Å². The fourth-order valence-corrected chi connectivity index (χ4v) is 3.45. The van der Waals surface area contributed by atoms with Crippen molar-refractivity contribution in [3.63, 3.8) is 0 Å². The first kappa shape index (κ1) is 19.5. The lowest BCUT2D eigenvalue weighted by atomic mass is 10.2. The van der Waals surface area contributed by atoms with E-state index in [1.165, 1.54) is 11.8 Å². The molecule has 2 aromatic carbocycles. The number of benzene rings is 2. The Labute approximate surface area is 176 Å². The van der Waals surface area contributed by atoms with Gasteiger partial charge in [-0.1, -0.05) is 41.6 Å². The standard InChI is InChI=1S/C20H18ClN5O2S/c21-15-10-8-14(9-11-15)19(28)24-23-17(27)12-29-20-22-18(13-6-7-13)26(25-20)16-4-2-1-3-5-16/h1-5,8-11,13H,6-7,12H2,(H,23,27)(H,24,28). The van der Waals surface area contributed by atoms with Crippen molar-refractivity contribution in [3.8, 4) is 5.69 Å². The molecule has 3 aromatic rings. The number of hydrazine groups is 1. The maximum atomic E-state index is 12.1. The number of thioether (sulfide) groups is 1. The Kier molecular flexibility index (Phi) is 5.82. The van der Waals surface area contributed by atoms with Gasteiger partial charge < -0.3 is 0 Å². The molecule has 1 aliphatic rings. The molecular weight excluding hydrogens is 410 g/mol. The predicted molar refractivity (Wildman–Crippen MR) is 111 cm³/mol. The first-order chi connectivity index (χ1) is 14.1. The molecule has 148 valence electrons. The molecular formula is C20H18ClN5O2S. The summed E-state index contributed by atoms with van der Waals surface area (Å²) in [6.45, 7) is 0. The van der Waals surface area contributed by atoms with Gasteiger partial charge in [0.05, 0.1) is 11.4 Å². The topological polar surface area (TPSA) is 88.9 Å². The van der Waals surface area contributed by atoms with Crippen molar-refractivity contribution in [2.75, 3.05) is 5.75 Å². The third kappa shape index (κ3) is 4.96. The molecule has 1 aliphatic carbocycles. The Balaban J connectivity index is 1.33. The SMILES string of the molecule is O=C(CSc1nc(C2CC2)n(-c2ccccc2)n1)NNC(=O)c1ccc(Cl)cc1. The number of hydrogen-bond donors (Lipinski definition) is 2. The molecule has 0 spiro atoms. The molecule has 1 saturated carbocycles. The second-order valence-electron chi connectivity index (χ2n) is 6.57. The summed E-state index contributed by atoms with van der Waals surface area (Å²) in [4.78, 5) is 28.7. The Morgan fingerprint density at radius 1 is 1.07 bits per heavy atom. The van der Waals surface area contributed by atoms with Crippen LogP contribution in [-0.4, -0.2) is 32.3 Å². The Morgan fingerprint density at radius 3 is 2.48 bits per heavy atom. The quantitative estimate of drug-likeness (QED) is 0.465. The number of rotatable bonds is 6. The summed E-state index contributed by atoms with van der Waals surface area (Å²) < 4.78 is 1.85. The highest BCUT2D eigenvalue weighted by atomic mass is 35.5. The lowest BCUT2D eigenvalue weighted by molar-refractivity contribution is -0.119. The van der Waals surface area contributed by atoms with Crippen LogP contribution in [0.2, 0.25) is 5.02 Å². The predicted octanol–water partition coefficient (Wildman–Crippen LogP) is 3.35. The molecule has 0 unspecified atom stereocenters. The first-order valence-corrected chi connectivity index (χ1v) is 10.5. The van der Waals surface area contributed by atoms with Crippen molar-refractivity contribution in [1.29, 1.82) is 0 Å². The number of amides is 2. The van der Waals surface area contributed by atoms with Crippen LogP contribution in [0.1, 0.15) is 34.9 Å². The van der Waals surface area contributed by atoms with Crippen LogP contribution in [-0.2, 0) is 4.79 Å². The van der Waals surface area contributed by atoms with Crippen LogP contribution in [0.5, 0.6) is 0 Å². The highest BCUT2D eigenvalue weighted by Gasteiger charge is 2.30. The van der Waals surface area contributed by atoms with Gasteiger partial charge in [-0.05, 0) is 49.2 Å². The van der Waals surface area contributed by atoms with Crippen molar-refractivity contribution in [3.05, 3.63) is 71.0 Å². The summed E-state index contributed by atoms with van der Waals surface area (Å²) in [6, 6.07) is 16.2. The minimum absolute atomic E-state index is 0.0871. The Morgan fingerprint density at radius 2 is 1.79 bits per heavy atom. The molecule has 2 amide bonds. The van der Waals surface area contributed by atoms with Crippen molar-refractivity contribution in [2.45, 2.75) is 23.9 Å². The molecule has 1 heterocycles. The van der Waals surface area contributed by atoms with Gasteiger partial charge >= 0.3 is 0 Å². The van der Waals surface area contributed by atoms with Crippen LogP contribution in [0.3, 0.4) is 0 Å². The van der Waals surface area contributed by atoms with Gasteiger partial charge in [0.1, 0.15) is 5.82 Å². The van der Waals surface area contributed by atoms with Gasteiger partial charge in [0.15, 0.2) is 0 Å². The van der Waals surface area contributed by atoms with E-state index in [1.807, 2.05) is 35.0 Å². The molecule has 0 radical (unpaired) electrons. The van der Waals surface area contributed by atoms with Crippen LogP contribution >= 0.6 is 23.4 Å². The van der Waals surface area contributed by atoms with Crippen molar-refractivity contribution < 1.29 is 9.59 Å². The second kappa shape index (κ2) is 8.67. The highest BCUT2D eigenvalue weighted by Crippen LogP contribution is 2.40. The van der Waals surface area contributed by atoms with E-state index < -0.39 is 5.91 Å². The van der Waals surface area contributed by atoms with Gasteiger partial charge in [-0.15, -0.1) is 5.10 Å². The van der Waals surface area contributed by atoms with Crippen molar-refractivity contribution >= 4 is 35.2 Å². The monoisotopic (exact) mass is 427 g/mol. The number of carbonyl (C=O) groups excluding carboxylic acids is 2. The molecule has 7 nitrogen and oxygen atoms in total. The van der Waals surface area contributed by atoms with E-state index >= 15 is 0 Å². The lowest BCUT2D eigenvalue weighted by Gasteiger charge is -2.06. The largest absolute Gasteiger partial charge is 0.272 e. The Hall–Kier alpha value is -2.84. The average molecular weight is 428 g/mol. The number of halogens is 1. The van der Waals surface area contributed by atoms with Gasteiger partial charge in [-0.2, -0.15) is 0 Å². The average Bonchev–Trinajstić information content (AvgIpc) is 3.51. The number of nitrogens with one attached hydrogen (secondary N) is 2. The molecule has 1 aromatic heterocycles. The minimum Gasteiger partial charge on any atom is -0.272 e. The van der Waals surface area contributed by atoms with E-state index in [9.17, 15) is 9.59 Å². The van der Waals surface area contributed by atoms with Crippen LogP contribution in [0, 0.1) is 0 Å². The van der Waals surface area contributed by atoms with E-state index in [0.717, 1.165) is 24.4 Å². The van der Waals surface area contributed by atoms with Crippen LogP contribution < -0.4 is 10.9 Å². The van der Waals surface area contributed by atoms with Crippen molar-refractivity contribution in [2.24, 2.45) is 0 Å². The molecule has 9 heteroatoms. The third-order valence-electron chi connectivity index (χ3n) is 4.31. The lowest BCUT2D eigenvalue weighted by Crippen LogP contribution is -2.42. The molecule has 0 saturated heterocycles. The number of nitrogens with zero attached hydrogens (tertiary/aromatic N) is 3. The molecule has 1 fully saturated rings. The van der Waals surface area contributed by atoms with Crippen molar-refractivity contribution in [1.82, 2.24) is 25.6 Å². The van der Waals surface area contributed by atoms with Crippen LogP contribution in [0.25, 0.3) is 5.69 Å². The fraction of sp³-hybridized carbons (Fsp3) is 0.200. The third-order valence-corrected chi connectivity index (χ3v) is 5.40. The molecule has 4 rings (SSSR count). The zero-order chi connectivity index (χ0) is 20.2. The van der Waals surface area contributed by atoms with Crippen LogP contribution in [0.4, 0.5) is 0 Å².